The molecule has 0 fully saturated rings. The zero-order chi connectivity index (χ0) is 9.84. The Labute approximate surface area is 73.9 Å². The maximum Gasteiger partial charge on any atom is 0.135 e. The highest BCUT2D eigenvalue weighted by Crippen LogP contribution is 2.14. The van der Waals surface area contributed by atoms with Gasteiger partial charge in [-0.2, -0.15) is 5.26 Å². The molecule has 0 bridgehead atoms. The molecular formula is C9H6F2N2. The highest BCUT2D eigenvalue weighted by molar-refractivity contribution is 5.65. The number of benzene rings is 1. The normalized spacial score (nSPS) is 11.0. The summed E-state index contributed by atoms with van der Waals surface area (Å²) in [7, 11) is 0. The summed E-state index contributed by atoms with van der Waals surface area (Å²) in [5.41, 5.74) is 5.35. The largest absolute Gasteiger partial charge is 0.398 e. The fraction of sp³-hybridized carbons (Fsp3) is 0. The van der Waals surface area contributed by atoms with Crippen molar-refractivity contribution in [2.75, 3.05) is 0 Å². The predicted molar refractivity (Wildman–Crippen MR) is 44.1 cm³/mol. The third kappa shape index (κ3) is 2.03. The maximum atomic E-state index is 13.0. The Morgan fingerprint density at radius 3 is 2.69 bits per heavy atom. The number of hydrogen-bond acceptors (Lipinski definition) is 2. The number of halogens is 2. The van der Waals surface area contributed by atoms with E-state index in [2.05, 4.69) is 0 Å². The van der Waals surface area contributed by atoms with Gasteiger partial charge in [-0.3, -0.25) is 0 Å². The van der Waals surface area contributed by atoms with Crippen LogP contribution in [-0.4, -0.2) is 0 Å². The van der Waals surface area contributed by atoms with Crippen molar-refractivity contribution in [1.29, 1.82) is 5.26 Å². The van der Waals surface area contributed by atoms with Gasteiger partial charge < -0.3 is 5.73 Å². The molecule has 4 heteroatoms. The minimum atomic E-state index is -0.774. The SMILES string of the molecule is N#C/C=C(\N)c1ccc(F)cc1F. The standard InChI is InChI=1S/C9H6F2N2/c10-6-1-2-7(8(11)5-6)9(13)3-4-12/h1-3,5H,13H2/b9-3-. The first-order valence-electron chi connectivity index (χ1n) is 3.46. The van der Waals surface area contributed by atoms with E-state index in [1.54, 1.807) is 6.07 Å². The van der Waals surface area contributed by atoms with Gasteiger partial charge in [-0.05, 0) is 12.1 Å². The molecular weight excluding hydrogens is 174 g/mol. The van der Waals surface area contributed by atoms with Gasteiger partial charge in [-0.15, -0.1) is 0 Å². The van der Waals surface area contributed by atoms with Gasteiger partial charge in [0, 0.05) is 17.7 Å². The lowest BCUT2D eigenvalue weighted by Crippen LogP contribution is -1.99. The summed E-state index contributed by atoms with van der Waals surface area (Å²) in [5, 5.41) is 8.24. The Kier molecular flexibility index (Phi) is 2.60. The van der Waals surface area contributed by atoms with Crippen molar-refractivity contribution >= 4 is 5.70 Å². The van der Waals surface area contributed by atoms with Crippen LogP contribution in [0.1, 0.15) is 5.56 Å². The Morgan fingerprint density at radius 1 is 1.46 bits per heavy atom. The topological polar surface area (TPSA) is 49.8 Å². The van der Waals surface area contributed by atoms with Crippen molar-refractivity contribution in [3.8, 4) is 6.07 Å². The number of rotatable bonds is 1. The number of allylic oxidation sites excluding steroid dienone is 1. The molecule has 2 N–H and O–H groups in total. The predicted octanol–water partition coefficient (Wildman–Crippen LogP) is 1.79. The number of nitrogens with zero attached hydrogens (tertiary/aromatic N) is 1. The first kappa shape index (κ1) is 9.20. The molecule has 0 aromatic heterocycles. The fourth-order valence-electron chi connectivity index (χ4n) is 0.871. The van der Waals surface area contributed by atoms with Crippen molar-refractivity contribution in [3.05, 3.63) is 41.5 Å². The highest BCUT2D eigenvalue weighted by atomic mass is 19.1. The molecule has 1 aromatic rings. The van der Waals surface area contributed by atoms with Gasteiger partial charge in [0.05, 0.1) is 11.8 Å². The van der Waals surface area contributed by atoms with Crippen LogP contribution >= 0.6 is 0 Å². The van der Waals surface area contributed by atoms with Gasteiger partial charge >= 0.3 is 0 Å². The minimum absolute atomic E-state index is 0.0139. The van der Waals surface area contributed by atoms with Crippen molar-refractivity contribution in [1.82, 2.24) is 0 Å². The Bertz CT molecular complexity index is 391. The van der Waals surface area contributed by atoms with Crippen LogP contribution in [0.3, 0.4) is 0 Å². The van der Waals surface area contributed by atoms with E-state index in [0.29, 0.717) is 6.07 Å². The summed E-state index contributed by atoms with van der Waals surface area (Å²) in [5.74, 6) is -1.45. The molecule has 0 aliphatic rings. The second kappa shape index (κ2) is 3.68. The van der Waals surface area contributed by atoms with Crippen LogP contribution in [0.4, 0.5) is 8.78 Å². The highest BCUT2D eigenvalue weighted by Gasteiger charge is 2.05. The van der Waals surface area contributed by atoms with Crippen LogP contribution in [0, 0.1) is 23.0 Å². The molecule has 0 saturated heterocycles. The van der Waals surface area contributed by atoms with Crippen LogP contribution in [0.2, 0.25) is 0 Å². The van der Waals surface area contributed by atoms with E-state index >= 15 is 0 Å². The number of hydrogen-bond donors (Lipinski definition) is 1. The van der Waals surface area contributed by atoms with Crippen LogP contribution in [-0.2, 0) is 0 Å². The zero-order valence-electron chi connectivity index (χ0n) is 6.59. The van der Waals surface area contributed by atoms with E-state index in [-0.39, 0.29) is 11.3 Å². The van der Waals surface area contributed by atoms with E-state index in [1.807, 2.05) is 0 Å². The number of nitrogens with two attached hydrogens (primary N) is 1. The lowest BCUT2D eigenvalue weighted by Gasteiger charge is -2.00. The Hall–Kier alpha value is -1.89. The smallest absolute Gasteiger partial charge is 0.135 e. The first-order chi connectivity index (χ1) is 6.15. The van der Waals surface area contributed by atoms with E-state index in [1.165, 1.54) is 6.07 Å². The monoisotopic (exact) mass is 180 g/mol. The van der Waals surface area contributed by atoms with Gasteiger partial charge in [-0.25, -0.2) is 8.78 Å². The second-order valence-electron chi connectivity index (χ2n) is 2.35. The second-order valence-corrected chi connectivity index (χ2v) is 2.35. The molecule has 66 valence electrons. The molecule has 13 heavy (non-hydrogen) atoms. The number of nitriles is 1. The molecule has 0 aliphatic carbocycles. The van der Waals surface area contributed by atoms with Gasteiger partial charge in [0.25, 0.3) is 0 Å². The van der Waals surface area contributed by atoms with Crippen LogP contribution in [0.25, 0.3) is 5.70 Å². The molecule has 0 unspecified atom stereocenters. The average molecular weight is 180 g/mol. The van der Waals surface area contributed by atoms with Crippen LogP contribution in [0.15, 0.2) is 24.3 Å². The third-order valence-corrected chi connectivity index (χ3v) is 1.46. The molecule has 0 radical (unpaired) electrons. The van der Waals surface area contributed by atoms with Crippen molar-refractivity contribution in [2.45, 2.75) is 0 Å². The third-order valence-electron chi connectivity index (χ3n) is 1.46. The van der Waals surface area contributed by atoms with Crippen LogP contribution in [0.5, 0.6) is 0 Å². The van der Waals surface area contributed by atoms with Crippen molar-refractivity contribution in [3.63, 3.8) is 0 Å². The summed E-state index contributed by atoms with van der Waals surface area (Å²) in [6.07, 6.45) is 0.996. The first-order valence-corrected chi connectivity index (χ1v) is 3.46. The molecule has 0 heterocycles. The van der Waals surface area contributed by atoms with Gasteiger partial charge in [0.2, 0.25) is 0 Å². The van der Waals surface area contributed by atoms with E-state index in [9.17, 15) is 8.78 Å². The molecule has 1 aromatic carbocycles. The summed E-state index contributed by atoms with van der Waals surface area (Å²) >= 11 is 0. The van der Waals surface area contributed by atoms with Crippen molar-refractivity contribution in [2.24, 2.45) is 5.73 Å². The lowest BCUT2D eigenvalue weighted by atomic mass is 10.1. The lowest BCUT2D eigenvalue weighted by molar-refractivity contribution is 0.581. The maximum absolute atomic E-state index is 13.0. The molecule has 0 amide bonds. The van der Waals surface area contributed by atoms with Crippen LogP contribution < -0.4 is 5.73 Å². The summed E-state index contributed by atoms with van der Waals surface area (Å²) in [4.78, 5) is 0. The molecule has 0 saturated carbocycles. The Morgan fingerprint density at radius 2 is 2.15 bits per heavy atom. The summed E-state index contributed by atoms with van der Waals surface area (Å²) in [6.45, 7) is 0. The average Bonchev–Trinajstić information content (AvgIpc) is 2.04. The molecule has 0 atom stereocenters. The van der Waals surface area contributed by atoms with E-state index in [4.69, 9.17) is 11.0 Å². The molecule has 0 aliphatic heterocycles. The van der Waals surface area contributed by atoms with Gasteiger partial charge in [0.15, 0.2) is 0 Å². The molecule has 2 nitrogen and oxygen atoms in total. The van der Waals surface area contributed by atoms with Crippen molar-refractivity contribution < 1.29 is 8.78 Å². The van der Waals surface area contributed by atoms with Gasteiger partial charge in [0.1, 0.15) is 11.6 Å². The quantitative estimate of drug-likeness (QED) is 0.670. The fourth-order valence-corrected chi connectivity index (χ4v) is 0.871. The molecule has 0 spiro atoms. The summed E-state index contributed by atoms with van der Waals surface area (Å²) in [6, 6.07) is 4.64. The van der Waals surface area contributed by atoms with E-state index < -0.39 is 11.6 Å². The Balaban J connectivity index is 3.18. The van der Waals surface area contributed by atoms with Gasteiger partial charge in [-0.1, -0.05) is 0 Å². The van der Waals surface area contributed by atoms with E-state index in [0.717, 1.165) is 12.1 Å². The zero-order valence-corrected chi connectivity index (χ0v) is 6.59. The minimum Gasteiger partial charge on any atom is -0.398 e. The summed E-state index contributed by atoms with van der Waals surface area (Å²) < 4.78 is 25.4. The molecule has 1 rings (SSSR count).